The molecule has 35 heavy (non-hydrogen) atoms. The molecular formula is C27H16N4O4. The minimum Gasteiger partial charge on any atom is -0.438 e. The Morgan fingerprint density at radius 2 is 1.80 bits per heavy atom. The summed E-state index contributed by atoms with van der Waals surface area (Å²) in [7, 11) is 0. The van der Waals surface area contributed by atoms with Crippen LogP contribution < -0.4 is 21.4 Å². The number of amides is 1. The summed E-state index contributed by atoms with van der Waals surface area (Å²) in [5.41, 5.74) is 9.12. The van der Waals surface area contributed by atoms with Crippen LogP contribution in [0.4, 0.5) is 5.69 Å². The van der Waals surface area contributed by atoms with E-state index in [1.54, 1.807) is 12.1 Å². The Morgan fingerprint density at radius 3 is 2.63 bits per heavy atom. The highest BCUT2D eigenvalue weighted by molar-refractivity contribution is 6.22. The number of carbonyl (C=O) groups excluding carboxylic acids is 1. The lowest BCUT2D eigenvalue weighted by Crippen LogP contribution is -2.42. The molecule has 0 saturated carbocycles. The first kappa shape index (κ1) is 19.4. The van der Waals surface area contributed by atoms with Gasteiger partial charge in [-0.25, -0.2) is 4.79 Å². The smallest absolute Gasteiger partial charge is 0.336 e. The number of nitriles is 1. The van der Waals surface area contributed by atoms with E-state index in [2.05, 4.69) is 16.4 Å². The van der Waals surface area contributed by atoms with Gasteiger partial charge in [-0.3, -0.25) is 4.79 Å². The Hall–Kier alpha value is -5.03. The number of fused-ring (bicyclic) bond motifs is 10. The fourth-order valence-corrected chi connectivity index (χ4v) is 5.62. The van der Waals surface area contributed by atoms with E-state index in [9.17, 15) is 14.9 Å². The molecule has 1 atom stereocenters. The topological polar surface area (TPSA) is 134 Å². The zero-order valence-electron chi connectivity index (χ0n) is 18.4. The lowest BCUT2D eigenvalue weighted by molar-refractivity contribution is -0.118. The van der Waals surface area contributed by atoms with Gasteiger partial charge in [0.1, 0.15) is 22.6 Å². The van der Waals surface area contributed by atoms with Gasteiger partial charge in [0.15, 0.2) is 5.75 Å². The number of aryl methyl sites for hydroxylation is 1. The monoisotopic (exact) mass is 460 g/mol. The Bertz CT molecular complexity index is 1940. The number of benzene rings is 3. The Morgan fingerprint density at radius 1 is 1.00 bits per heavy atom. The number of aromatic amines is 1. The molecule has 2 aliphatic heterocycles. The fraction of sp³-hybridized carbons (Fsp3) is 0.0741. The predicted molar refractivity (Wildman–Crippen MR) is 130 cm³/mol. The van der Waals surface area contributed by atoms with Crippen molar-refractivity contribution in [3.8, 4) is 11.8 Å². The first-order valence-corrected chi connectivity index (χ1v) is 11.0. The molecule has 8 heteroatoms. The minimum absolute atomic E-state index is 0.0475. The van der Waals surface area contributed by atoms with Gasteiger partial charge < -0.3 is 25.2 Å². The first-order valence-electron chi connectivity index (χ1n) is 11.0. The van der Waals surface area contributed by atoms with Crippen LogP contribution in [0.15, 0.2) is 75.3 Å². The van der Waals surface area contributed by atoms with Crippen LogP contribution in [0.2, 0.25) is 0 Å². The molecule has 3 aromatic carbocycles. The van der Waals surface area contributed by atoms with Gasteiger partial charge in [0.2, 0.25) is 11.8 Å². The van der Waals surface area contributed by atoms with Crippen LogP contribution >= 0.6 is 0 Å². The highest BCUT2D eigenvalue weighted by atomic mass is 16.5. The lowest BCUT2D eigenvalue weighted by Gasteiger charge is -2.33. The van der Waals surface area contributed by atoms with Gasteiger partial charge in [0.05, 0.1) is 11.0 Å². The number of para-hydroxylation sites is 1. The normalized spacial score (nSPS) is 18.6. The number of hydrogen-bond donors (Lipinski definition) is 3. The van der Waals surface area contributed by atoms with E-state index < -0.39 is 11.0 Å². The number of aromatic nitrogens is 1. The van der Waals surface area contributed by atoms with Crippen LogP contribution in [-0.2, 0) is 10.2 Å². The Kier molecular flexibility index (Phi) is 3.50. The van der Waals surface area contributed by atoms with E-state index in [-0.39, 0.29) is 17.4 Å². The average Bonchev–Trinajstić information content (AvgIpc) is 3.37. The second-order valence-electron chi connectivity index (χ2n) is 8.80. The number of rotatable bonds is 0. The fourth-order valence-electron chi connectivity index (χ4n) is 5.62. The summed E-state index contributed by atoms with van der Waals surface area (Å²) in [5, 5.41) is 15.4. The molecule has 7 rings (SSSR count). The number of carbonyl (C=O) groups is 1. The third kappa shape index (κ3) is 2.20. The zero-order chi connectivity index (χ0) is 24.1. The van der Waals surface area contributed by atoms with E-state index >= 15 is 0 Å². The number of anilines is 1. The minimum atomic E-state index is -1.43. The zero-order valence-corrected chi connectivity index (χ0v) is 18.4. The number of hydrogen-bond acceptors (Lipinski definition) is 6. The summed E-state index contributed by atoms with van der Waals surface area (Å²) in [5.74, 6) is -0.0980. The van der Waals surface area contributed by atoms with Crippen molar-refractivity contribution in [2.45, 2.75) is 12.3 Å². The van der Waals surface area contributed by atoms with Gasteiger partial charge in [-0.1, -0.05) is 30.3 Å². The van der Waals surface area contributed by atoms with E-state index in [0.717, 1.165) is 27.2 Å². The summed E-state index contributed by atoms with van der Waals surface area (Å²) in [6.07, 6.45) is 0. The van der Waals surface area contributed by atoms with Crippen LogP contribution in [-0.4, -0.2) is 10.9 Å². The third-order valence-corrected chi connectivity index (χ3v) is 7.07. The van der Waals surface area contributed by atoms with E-state index in [0.29, 0.717) is 33.7 Å². The molecule has 0 fully saturated rings. The van der Waals surface area contributed by atoms with Crippen molar-refractivity contribution in [3.63, 3.8) is 0 Å². The molecule has 0 radical (unpaired) electrons. The van der Waals surface area contributed by atoms with Crippen LogP contribution in [0.25, 0.3) is 32.8 Å². The van der Waals surface area contributed by atoms with Crippen molar-refractivity contribution in [3.05, 3.63) is 93.2 Å². The standard InChI is InChI=1S/C27H16N4O4/c1-12-10-19-13(7-9-20(32)34-19)21-14-6-8-16-24(23(14)31-22(12)21)35-25(29)17(11-28)27(16)15-4-2-3-5-18(15)30-26(27)33/h2-10,31H,29H2,1H3,(H,30,33). The molecule has 1 unspecified atom stereocenters. The first-order chi connectivity index (χ1) is 16.9. The molecular weight excluding hydrogens is 444 g/mol. The SMILES string of the molecule is Cc1cc2oc(=O)ccc2c2c1[nH]c1c3c(ccc12)C1(C(=O)Nc2ccccc21)C(C#N)=C(N)O3. The molecule has 0 saturated heterocycles. The van der Waals surface area contributed by atoms with E-state index in [4.69, 9.17) is 14.9 Å². The second-order valence-corrected chi connectivity index (χ2v) is 8.80. The molecule has 2 aromatic heterocycles. The molecule has 168 valence electrons. The van der Waals surface area contributed by atoms with Gasteiger partial charge in [-0.05, 0) is 30.7 Å². The number of nitrogens with zero attached hydrogens (tertiary/aromatic N) is 1. The van der Waals surface area contributed by atoms with Gasteiger partial charge in [-0.15, -0.1) is 0 Å². The molecule has 8 nitrogen and oxygen atoms in total. The maximum Gasteiger partial charge on any atom is 0.336 e. The van der Waals surface area contributed by atoms with Gasteiger partial charge in [0, 0.05) is 39.0 Å². The molecule has 1 amide bonds. The van der Waals surface area contributed by atoms with Crippen LogP contribution in [0, 0.1) is 18.3 Å². The molecule has 5 aromatic rings. The largest absolute Gasteiger partial charge is 0.438 e. The molecule has 0 bridgehead atoms. The van der Waals surface area contributed by atoms with Crippen molar-refractivity contribution in [1.29, 1.82) is 5.26 Å². The summed E-state index contributed by atoms with van der Waals surface area (Å²) >= 11 is 0. The van der Waals surface area contributed by atoms with E-state index in [1.165, 1.54) is 6.07 Å². The Balaban J connectivity index is 1.65. The summed E-state index contributed by atoms with van der Waals surface area (Å²) in [6, 6.07) is 18.0. The van der Waals surface area contributed by atoms with Crippen LogP contribution in [0.5, 0.6) is 5.75 Å². The molecule has 1 spiro atoms. The summed E-state index contributed by atoms with van der Waals surface area (Å²) < 4.78 is 11.5. The molecule has 0 aliphatic carbocycles. The van der Waals surface area contributed by atoms with Crippen molar-refractivity contribution >= 4 is 44.4 Å². The lowest BCUT2D eigenvalue weighted by atomic mass is 9.68. The van der Waals surface area contributed by atoms with Gasteiger partial charge in [-0.2, -0.15) is 5.26 Å². The van der Waals surface area contributed by atoms with Crippen LogP contribution in [0.3, 0.4) is 0 Å². The Labute approximate surface area is 197 Å². The number of H-pyrrole nitrogens is 1. The maximum absolute atomic E-state index is 13.6. The molecule has 4 N–H and O–H groups in total. The summed E-state index contributed by atoms with van der Waals surface area (Å²) in [4.78, 5) is 28.9. The average molecular weight is 460 g/mol. The van der Waals surface area contributed by atoms with Crippen molar-refractivity contribution in [1.82, 2.24) is 4.98 Å². The second kappa shape index (κ2) is 6.30. The van der Waals surface area contributed by atoms with Crippen LogP contribution in [0.1, 0.15) is 16.7 Å². The highest BCUT2D eigenvalue weighted by Gasteiger charge is 2.56. The molecule has 4 heterocycles. The predicted octanol–water partition coefficient (Wildman–Crippen LogP) is 4.06. The molecule has 2 aliphatic rings. The van der Waals surface area contributed by atoms with Gasteiger partial charge in [0.25, 0.3) is 0 Å². The number of nitrogens with one attached hydrogen (secondary N) is 2. The third-order valence-electron chi connectivity index (χ3n) is 7.07. The maximum atomic E-state index is 13.6. The van der Waals surface area contributed by atoms with E-state index in [1.807, 2.05) is 43.3 Å². The number of nitrogens with two attached hydrogens (primary N) is 1. The van der Waals surface area contributed by atoms with Crippen molar-refractivity contribution < 1.29 is 13.9 Å². The van der Waals surface area contributed by atoms with Crippen molar-refractivity contribution in [2.75, 3.05) is 5.32 Å². The van der Waals surface area contributed by atoms with Gasteiger partial charge >= 0.3 is 5.63 Å². The van der Waals surface area contributed by atoms with Crippen molar-refractivity contribution in [2.24, 2.45) is 5.73 Å². The highest BCUT2D eigenvalue weighted by Crippen LogP contribution is 2.55. The quantitative estimate of drug-likeness (QED) is 0.298. The summed E-state index contributed by atoms with van der Waals surface area (Å²) in [6.45, 7) is 1.92. The number of ether oxygens (including phenoxy) is 1.